The quantitative estimate of drug-likeness (QED) is 0.442. The minimum absolute atomic E-state index is 0.248. The molecule has 3 aromatic rings. The van der Waals surface area contributed by atoms with E-state index in [-0.39, 0.29) is 12.6 Å². The van der Waals surface area contributed by atoms with Crippen LogP contribution in [0.1, 0.15) is 24.0 Å². The first kappa shape index (κ1) is 16.0. The van der Waals surface area contributed by atoms with E-state index in [2.05, 4.69) is 10.1 Å². The van der Waals surface area contributed by atoms with E-state index >= 15 is 0 Å². The lowest BCUT2D eigenvalue weighted by Gasteiger charge is -2.10. The van der Waals surface area contributed by atoms with Gasteiger partial charge in [0.25, 0.3) is 0 Å². The average Bonchev–Trinajstić information content (AvgIpc) is 3.30. The molecule has 0 spiro atoms. The van der Waals surface area contributed by atoms with E-state index in [0.717, 1.165) is 23.7 Å². The second-order valence-corrected chi connectivity index (χ2v) is 6.82. The minimum atomic E-state index is -0.402. The minimum Gasteiger partial charge on any atom is -0.383 e. The van der Waals surface area contributed by atoms with Gasteiger partial charge in [0.15, 0.2) is 12.4 Å². The van der Waals surface area contributed by atoms with E-state index < -0.39 is 5.82 Å². The molecule has 25 heavy (non-hydrogen) atoms. The van der Waals surface area contributed by atoms with Gasteiger partial charge in [-0.15, -0.1) is 0 Å². The molecule has 0 bridgehead atoms. The molecular formula is C18H18ClFN5+. The number of hydrogen-bond donors (Lipinski definition) is 1. The Balaban J connectivity index is 1.69. The number of rotatable bonds is 4. The number of pyridine rings is 1. The van der Waals surface area contributed by atoms with Crippen molar-refractivity contribution in [1.82, 2.24) is 9.78 Å². The van der Waals surface area contributed by atoms with Crippen LogP contribution in [-0.4, -0.2) is 21.7 Å². The molecule has 1 aromatic carbocycles. The summed E-state index contributed by atoms with van der Waals surface area (Å²) in [5.74, 6) is -0.0631. The number of nitrogens with zero attached hydrogens (tertiary/aromatic N) is 4. The number of benzene rings is 1. The Bertz CT molecular complexity index is 967. The molecule has 0 atom stereocenters. The molecule has 4 rings (SSSR count). The maximum Gasteiger partial charge on any atom is 0.194 e. The van der Waals surface area contributed by atoms with Gasteiger partial charge in [0.05, 0.1) is 18.8 Å². The van der Waals surface area contributed by atoms with Gasteiger partial charge in [-0.2, -0.15) is 5.10 Å². The molecule has 0 saturated heterocycles. The molecule has 2 heterocycles. The number of halogens is 2. The Hall–Kier alpha value is -2.47. The fraction of sp³-hybridized carbons (Fsp3) is 0.278. The number of amidine groups is 1. The highest BCUT2D eigenvalue weighted by molar-refractivity contribution is 6.31. The maximum atomic E-state index is 14.7. The highest BCUT2D eigenvalue weighted by atomic mass is 35.5. The molecule has 2 aromatic heterocycles. The number of nitrogens with two attached hydrogens (primary N) is 1. The lowest BCUT2D eigenvalue weighted by Crippen LogP contribution is -2.26. The van der Waals surface area contributed by atoms with Crippen molar-refractivity contribution in [2.24, 2.45) is 17.8 Å². The van der Waals surface area contributed by atoms with Crippen molar-refractivity contribution in [1.29, 1.82) is 0 Å². The molecule has 128 valence electrons. The third-order valence-corrected chi connectivity index (χ3v) is 4.68. The van der Waals surface area contributed by atoms with Crippen molar-refractivity contribution >= 4 is 28.3 Å². The molecule has 0 unspecified atom stereocenters. The third kappa shape index (κ3) is 3.22. The van der Waals surface area contributed by atoms with Gasteiger partial charge < -0.3 is 5.73 Å². The summed E-state index contributed by atoms with van der Waals surface area (Å²) in [5, 5.41) is 5.67. The van der Waals surface area contributed by atoms with E-state index in [1.807, 2.05) is 30.1 Å². The first-order chi connectivity index (χ1) is 12.0. The first-order valence-electron chi connectivity index (χ1n) is 8.13. The maximum absolute atomic E-state index is 14.7. The molecule has 0 amide bonds. The zero-order chi connectivity index (χ0) is 17.6. The van der Waals surface area contributed by atoms with E-state index in [1.54, 1.807) is 16.9 Å². The summed E-state index contributed by atoms with van der Waals surface area (Å²) in [6, 6.07) is 5.31. The molecule has 7 heteroatoms. The number of aryl methyl sites for hydroxylation is 1. The van der Waals surface area contributed by atoms with E-state index in [4.69, 9.17) is 17.3 Å². The van der Waals surface area contributed by atoms with Crippen molar-refractivity contribution < 1.29 is 8.96 Å². The van der Waals surface area contributed by atoms with Crippen LogP contribution in [0.25, 0.3) is 10.9 Å². The Kier molecular flexibility index (Phi) is 3.92. The Morgan fingerprint density at radius 2 is 2.28 bits per heavy atom. The summed E-state index contributed by atoms with van der Waals surface area (Å²) in [5.41, 5.74) is 7.78. The normalized spacial score (nSPS) is 15.1. The number of fused-ring (bicyclic) bond motifs is 1. The zero-order valence-electron chi connectivity index (χ0n) is 13.8. The van der Waals surface area contributed by atoms with Crippen LogP contribution in [0.2, 0.25) is 5.02 Å². The topological polar surface area (TPSA) is 60.1 Å². The molecule has 0 aliphatic heterocycles. The van der Waals surface area contributed by atoms with Crippen molar-refractivity contribution in [2.75, 3.05) is 0 Å². The van der Waals surface area contributed by atoms with Crippen molar-refractivity contribution in [3.8, 4) is 0 Å². The number of aliphatic imine (C=N–C) groups is 1. The van der Waals surface area contributed by atoms with Crippen LogP contribution in [0.5, 0.6) is 0 Å². The van der Waals surface area contributed by atoms with Gasteiger partial charge in [-0.1, -0.05) is 11.6 Å². The molecule has 1 fully saturated rings. The average molecular weight is 359 g/mol. The fourth-order valence-corrected chi connectivity index (χ4v) is 3.03. The highest BCUT2D eigenvalue weighted by Gasteiger charge is 2.21. The van der Waals surface area contributed by atoms with Crippen molar-refractivity contribution in [2.45, 2.75) is 25.4 Å². The van der Waals surface area contributed by atoms with Crippen LogP contribution >= 0.6 is 11.6 Å². The summed E-state index contributed by atoms with van der Waals surface area (Å²) in [7, 11) is 1.93. The van der Waals surface area contributed by atoms with E-state index in [1.165, 1.54) is 6.07 Å². The monoisotopic (exact) mass is 358 g/mol. The van der Waals surface area contributed by atoms with E-state index in [9.17, 15) is 4.39 Å². The van der Waals surface area contributed by atoms with Gasteiger partial charge >= 0.3 is 0 Å². The molecule has 1 saturated carbocycles. The predicted molar refractivity (Wildman–Crippen MR) is 95.2 cm³/mol. The molecule has 1 aliphatic carbocycles. The number of hydrogen-bond acceptors (Lipinski definition) is 2. The summed E-state index contributed by atoms with van der Waals surface area (Å²) in [6.45, 7) is 0.248. The van der Waals surface area contributed by atoms with E-state index in [0.29, 0.717) is 22.0 Å². The van der Waals surface area contributed by atoms with Crippen molar-refractivity contribution in [3.05, 3.63) is 58.8 Å². The lowest BCUT2D eigenvalue weighted by molar-refractivity contribution is -0.670. The first-order valence-corrected chi connectivity index (χ1v) is 8.51. The zero-order valence-corrected chi connectivity index (χ0v) is 14.5. The molecule has 5 nitrogen and oxygen atoms in total. The largest absolute Gasteiger partial charge is 0.383 e. The lowest BCUT2D eigenvalue weighted by atomic mass is 10.1. The Morgan fingerprint density at radius 3 is 3.00 bits per heavy atom. The van der Waals surface area contributed by atoms with Crippen molar-refractivity contribution in [3.63, 3.8) is 0 Å². The summed E-state index contributed by atoms with van der Waals surface area (Å²) in [6.07, 6.45) is 7.73. The Labute approximate surface area is 149 Å². The molecule has 2 N–H and O–H groups in total. The SMILES string of the molecule is C[n+]1ccc2cnn(Cc3c(F)cc(C(N)=NC4CC4)cc3Cl)c2c1. The van der Waals surface area contributed by atoms with Gasteiger partial charge in [0.1, 0.15) is 24.2 Å². The summed E-state index contributed by atoms with van der Waals surface area (Å²) >= 11 is 6.33. The number of aromatic nitrogens is 3. The summed E-state index contributed by atoms with van der Waals surface area (Å²) < 4.78 is 18.3. The second-order valence-electron chi connectivity index (χ2n) is 6.42. The van der Waals surface area contributed by atoms with Crippen LogP contribution in [0.3, 0.4) is 0 Å². The van der Waals surface area contributed by atoms with Gasteiger partial charge in [0.2, 0.25) is 0 Å². The van der Waals surface area contributed by atoms with Gasteiger partial charge in [-0.25, -0.2) is 8.96 Å². The third-order valence-electron chi connectivity index (χ3n) is 4.34. The summed E-state index contributed by atoms with van der Waals surface area (Å²) in [4.78, 5) is 4.35. The predicted octanol–water partition coefficient (Wildman–Crippen LogP) is 2.57. The van der Waals surface area contributed by atoms with Crippen LogP contribution in [0, 0.1) is 5.82 Å². The molecular weight excluding hydrogens is 341 g/mol. The highest BCUT2D eigenvalue weighted by Crippen LogP contribution is 2.26. The van der Waals surface area contributed by atoms with Gasteiger partial charge in [-0.3, -0.25) is 9.67 Å². The second kappa shape index (κ2) is 6.11. The van der Waals surface area contributed by atoms with Crippen LogP contribution < -0.4 is 10.3 Å². The van der Waals surface area contributed by atoms with Crippen LogP contribution in [-0.2, 0) is 13.6 Å². The van der Waals surface area contributed by atoms with Crippen LogP contribution in [0.15, 0.2) is 41.8 Å². The van der Waals surface area contributed by atoms with Gasteiger partial charge in [-0.05, 0) is 25.0 Å². The fourth-order valence-electron chi connectivity index (χ4n) is 2.77. The van der Waals surface area contributed by atoms with Crippen LogP contribution in [0.4, 0.5) is 4.39 Å². The Morgan fingerprint density at radius 1 is 1.48 bits per heavy atom. The smallest absolute Gasteiger partial charge is 0.194 e. The molecule has 0 radical (unpaired) electrons. The standard InChI is InChI=1S/C18H18ClFN5/c1-24-5-4-11-8-22-25(17(11)10-24)9-14-15(19)6-12(7-16(14)20)18(21)23-13-2-3-13/h4-8,10,13H,2-3,9H2,1H3,(H2,21,23)/q+1. The van der Waals surface area contributed by atoms with Gasteiger partial charge in [0, 0.05) is 27.6 Å². The molecule has 1 aliphatic rings.